The minimum Gasteiger partial charge on any atom is -0.354 e. The normalized spacial score (nSPS) is 12.3. The Labute approximate surface area is 223 Å². The molecule has 0 aromatic heterocycles. The van der Waals surface area contributed by atoms with Crippen molar-refractivity contribution in [2.45, 2.75) is 73.4 Å². The molecule has 0 aliphatic heterocycles. The second-order valence-electron chi connectivity index (χ2n) is 10.3. The molecule has 2 rings (SSSR count). The van der Waals surface area contributed by atoms with Crippen LogP contribution < -0.4 is 9.62 Å². The Hall–Kier alpha value is -2.87. The number of aryl methyl sites for hydroxylation is 3. The van der Waals surface area contributed by atoms with Gasteiger partial charge < -0.3 is 10.2 Å². The lowest BCUT2D eigenvalue weighted by molar-refractivity contribution is -0.141. The predicted molar refractivity (Wildman–Crippen MR) is 151 cm³/mol. The molecule has 0 aliphatic rings. The van der Waals surface area contributed by atoms with Gasteiger partial charge in [-0.05, 0) is 62.3 Å². The van der Waals surface area contributed by atoms with E-state index in [-0.39, 0.29) is 24.8 Å². The van der Waals surface area contributed by atoms with Crippen molar-refractivity contribution in [1.82, 2.24) is 10.2 Å². The summed E-state index contributed by atoms with van der Waals surface area (Å²) in [6, 6.07) is 13.0. The topological polar surface area (TPSA) is 86.8 Å². The fourth-order valence-corrected chi connectivity index (χ4v) is 5.22. The molecular weight excluding hydrogens is 486 g/mol. The van der Waals surface area contributed by atoms with Crippen LogP contribution in [0.1, 0.15) is 62.3 Å². The Morgan fingerprint density at radius 1 is 0.973 bits per heavy atom. The molecule has 2 aromatic carbocycles. The summed E-state index contributed by atoms with van der Waals surface area (Å²) in [5, 5.41) is 2.97. The molecule has 0 radical (unpaired) electrons. The first-order valence-corrected chi connectivity index (χ1v) is 14.9. The standard InChI is InChI=1S/C29H43N3O4S/c1-8-26(29(34)30-19-21(2)3)31(20-25-15-12-22(4)13-16-25)28(33)10-9-17-32(37(7,35)36)27-18-23(5)11-14-24(27)6/h11-16,18,21,26H,8-10,17,19-20H2,1-7H3,(H,30,34)/t26-/m1/s1. The van der Waals surface area contributed by atoms with Crippen molar-refractivity contribution in [3.05, 3.63) is 64.7 Å². The molecule has 0 saturated carbocycles. The van der Waals surface area contributed by atoms with Crippen LogP contribution in [-0.4, -0.2) is 50.5 Å². The van der Waals surface area contributed by atoms with Crippen molar-refractivity contribution in [2.75, 3.05) is 23.7 Å². The van der Waals surface area contributed by atoms with Crippen molar-refractivity contribution in [2.24, 2.45) is 5.92 Å². The van der Waals surface area contributed by atoms with Gasteiger partial charge in [0.2, 0.25) is 21.8 Å². The number of carbonyl (C=O) groups excluding carboxylic acids is 2. The lowest BCUT2D eigenvalue weighted by atomic mass is 10.1. The fourth-order valence-electron chi connectivity index (χ4n) is 4.20. The smallest absolute Gasteiger partial charge is 0.242 e. The van der Waals surface area contributed by atoms with Gasteiger partial charge in [-0.2, -0.15) is 0 Å². The van der Waals surface area contributed by atoms with E-state index in [1.165, 1.54) is 10.6 Å². The van der Waals surface area contributed by atoms with Gasteiger partial charge in [0.25, 0.3) is 0 Å². The third kappa shape index (κ3) is 9.18. The van der Waals surface area contributed by atoms with Gasteiger partial charge in [0, 0.05) is 26.1 Å². The number of rotatable bonds is 13. The molecule has 8 heteroatoms. The maximum atomic E-state index is 13.5. The van der Waals surface area contributed by atoms with E-state index < -0.39 is 16.1 Å². The lowest BCUT2D eigenvalue weighted by Gasteiger charge is -2.31. The van der Waals surface area contributed by atoms with Gasteiger partial charge in [0.15, 0.2) is 0 Å². The molecule has 37 heavy (non-hydrogen) atoms. The third-order valence-electron chi connectivity index (χ3n) is 6.33. The average molecular weight is 530 g/mol. The van der Waals surface area contributed by atoms with Gasteiger partial charge >= 0.3 is 0 Å². The molecule has 0 saturated heterocycles. The summed E-state index contributed by atoms with van der Waals surface area (Å²) in [6.45, 7) is 12.8. The fraction of sp³-hybridized carbons (Fsp3) is 0.517. The summed E-state index contributed by atoms with van der Waals surface area (Å²) in [4.78, 5) is 28.2. The first kappa shape index (κ1) is 30.4. The SMILES string of the molecule is CC[C@H](C(=O)NCC(C)C)N(Cc1ccc(C)cc1)C(=O)CCCN(c1cc(C)ccc1C)S(C)(=O)=O. The summed E-state index contributed by atoms with van der Waals surface area (Å²) in [5.41, 5.74) is 4.52. The van der Waals surface area contributed by atoms with E-state index >= 15 is 0 Å². The highest BCUT2D eigenvalue weighted by molar-refractivity contribution is 7.92. The number of hydrogen-bond acceptors (Lipinski definition) is 4. The highest BCUT2D eigenvalue weighted by Gasteiger charge is 2.29. The number of nitrogens with zero attached hydrogens (tertiary/aromatic N) is 2. The van der Waals surface area contributed by atoms with Gasteiger partial charge in [-0.3, -0.25) is 13.9 Å². The minimum atomic E-state index is -3.53. The van der Waals surface area contributed by atoms with E-state index in [2.05, 4.69) is 5.32 Å². The Morgan fingerprint density at radius 2 is 1.59 bits per heavy atom. The van der Waals surface area contributed by atoms with Crippen LogP contribution in [0.5, 0.6) is 0 Å². The first-order valence-electron chi connectivity index (χ1n) is 13.0. The van der Waals surface area contributed by atoms with Crippen molar-refractivity contribution < 1.29 is 18.0 Å². The molecule has 204 valence electrons. The van der Waals surface area contributed by atoms with Gasteiger partial charge in [-0.25, -0.2) is 8.42 Å². The Kier molecular flexibility index (Phi) is 11.2. The highest BCUT2D eigenvalue weighted by Crippen LogP contribution is 2.25. The summed E-state index contributed by atoms with van der Waals surface area (Å²) >= 11 is 0. The van der Waals surface area contributed by atoms with Crippen LogP contribution in [-0.2, 0) is 26.2 Å². The predicted octanol–water partition coefficient (Wildman–Crippen LogP) is 4.74. The number of hydrogen-bond donors (Lipinski definition) is 1. The first-order chi connectivity index (χ1) is 17.3. The van der Waals surface area contributed by atoms with E-state index in [0.717, 1.165) is 22.3 Å². The molecule has 0 fully saturated rings. The zero-order valence-corrected chi connectivity index (χ0v) is 24.2. The summed E-state index contributed by atoms with van der Waals surface area (Å²) in [7, 11) is -3.53. The number of sulfonamides is 1. The maximum absolute atomic E-state index is 13.5. The van der Waals surface area contributed by atoms with E-state index in [9.17, 15) is 18.0 Å². The molecule has 0 aliphatic carbocycles. The molecule has 0 spiro atoms. The molecular formula is C29H43N3O4S. The van der Waals surface area contributed by atoms with Crippen LogP contribution >= 0.6 is 0 Å². The van der Waals surface area contributed by atoms with Crippen molar-refractivity contribution >= 4 is 27.5 Å². The van der Waals surface area contributed by atoms with Crippen LogP contribution in [0.2, 0.25) is 0 Å². The molecule has 0 bridgehead atoms. The van der Waals surface area contributed by atoms with E-state index in [1.807, 2.05) is 84.0 Å². The second-order valence-corrected chi connectivity index (χ2v) is 12.2. The van der Waals surface area contributed by atoms with Crippen LogP contribution in [0.4, 0.5) is 5.69 Å². The van der Waals surface area contributed by atoms with Gasteiger partial charge in [0.05, 0.1) is 11.9 Å². The van der Waals surface area contributed by atoms with E-state index in [4.69, 9.17) is 0 Å². The van der Waals surface area contributed by atoms with Crippen molar-refractivity contribution in [3.63, 3.8) is 0 Å². The summed E-state index contributed by atoms with van der Waals surface area (Å²) < 4.78 is 26.6. The zero-order valence-electron chi connectivity index (χ0n) is 23.4. The third-order valence-corrected chi connectivity index (χ3v) is 7.51. The Balaban J connectivity index is 2.23. The minimum absolute atomic E-state index is 0.136. The molecule has 7 nitrogen and oxygen atoms in total. The maximum Gasteiger partial charge on any atom is 0.242 e. The molecule has 1 N–H and O–H groups in total. The molecule has 2 aromatic rings. The molecule has 1 atom stereocenters. The average Bonchev–Trinajstić information content (AvgIpc) is 2.82. The zero-order chi connectivity index (χ0) is 27.8. The lowest BCUT2D eigenvalue weighted by Crippen LogP contribution is -2.49. The van der Waals surface area contributed by atoms with Gasteiger partial charge in [-0.15, -0.1) is 0 Å². The van der Waals surface area contributed by atoms with Crippen LogP contribution in [0.3, 0.4) is 0 Å². The van der Waals surface area contributed by atoms with E-state index in [0.29, 0.717) is 37.5 Å². The van der Waals surface area contributed by atoms with Crippen LogP contribution in [0, 0.1) is 26.7 Å². The Morgan fingerprint density at radius 3 is 2.16 bits per heavy atom. The van der Waals surface area contributed by atoms with Crippen LogP contribution in [0.15, 0.2) is 42.5 Å². The number of benzene rings is 2. The van der Waals surface area contributed by atoms with Crippen molar-refractivity contribution in [1.29, 1.82) is 0 Å². The molecule has 0 unspecified atom stereocenters. The van der Waals surface area contributed by atoms with Gasteiger partial charge in [0.1, 0.15) is 6.04 Å². The van der Waals surface area contributed by atoms with E-state index in [1.54, 1.807) is 4.90 Å². The van der Waals surface area contributed by atoms with Gasteiger partial charge in [-0.1, -0.05) is 62.7 Å². The summed E-state index contributed by atoms with van der Waals surface area (Å²) in [5.74, 6) is -0.0268. The van der Waals surface area contributed by atoms with Crippen molar-refractivity contribution in [3.8, 4) is 0 Å². The number of anilines is 1. The quantitative estimate of drug-likeness (QED) is 0.406. The molecule has 2 amide bonds. The number of carbonyl (C=O) groups is 2. The molecule has 0 heterocycles. The second kappa shape index (κ2) is 13.6. The Bertz CT molecular complexity index is 1160. The summed E-state index contributed by atoms with van der Waals surface area (Å²) in [6.07, 6.45) is 2.15. The van der Waals surface area contributed by atoms with Crippen LogP contribution in [0.25, 0.3) is 0 Å². The highest BCUT2D eigenvalue weighted by atomic mass is 32.2. The largest absolute Gasteiger partial charge is 0.354 e. The number of nitrogens with one attached hydrogen (secondary N) is 1. The number of amides is 2. The monoisotopic (exact) mass is 529 g/mol.